The molecule has 1 atom stereocenters. The van der Waals surface area contributed by atoms with E-state index in [1.165, 1.54) is 34.7 Å². The lowest BCUT2D eigenvalue weighted by Crippen LogP contribution is -2.37. The summed E-state index contributed by atoms with van der Waals surface area (Å²) < 4.78 is 2.58. The highest BCUT2D eigenvalue weighted by Gasteiger charge is 2.30. The third kappa shape index (κ3) is 5.61. The molecule has 0 aliphatic carbocycles. The average molecular weight is 546 g/mol. The fraction of sp³-hybridized carbons (Fsp3) is 0.312. The largest absolute Gasteiger partial charge is 0.334 e. The fourth-order valence-electron chi connectivity index (χ4n) is 5.83. The zero-order valence-corrected chi connectivity index (χ0v) is 23.4. The van der Waals surface area contributed by atoms with Crippen molar-refractivity contribution in [2.75, 3.05) is 30.5 Å². The number of piperidine rings is 1. The van der Waals surface area contributed by atoms with Gasteiger partial charge in [0.05, 0.1) is 5.69 Å². The number of anilines is 1. The number of carbonyl (C=O) groups excluding carboxylic acids is 1. The molecule has 0 N–H and O–H groups in total. The highest BCUT2D eigenvalue weighted by atomic mass is 35.5. The number of allylic oxidation sites excluding steroid dienone is 2. The molecule has 1 fully saturated rings. The first-order valence-electron chi connectivity index (χ1n) is 13.6. The van der Waals surface area contributed by atoms with Gasteiger partial charge in [-0.3, -0.25) is 9.10 Å². The first-order valence-corrected chi connectivity index (χ1v) is 14.8. The van der Waals surface area contributed by atoms with Crippen molar-refractivity contribution >= 4 is 40.0 Å². The van der Waals surface area contributed by atoms with Crippen LogP contribution in [-0.2, 0) is 6.54 Å². The van der Waals surface area contributed by atoms with E-state index in [-0.39, 0.29) is 29.0 Å². The Hall–Kier alpha value is -2.86. The molecular weight excluding hydrogens is 510 g/mol. The molecular formula is C32H36ClN3OS. The van der Waals surface area contributed by atoms with E-state index in [1.807, 2.05) is 23.1 Å². The number of amides is 1. The molecule has 3 aromatic rings. The number of hydrogen-bond donors (Lipinski definition) is 0. The monoisotopic (exact) mass is 545 g/mol. The second-order valence-corrected chi connectivity index (χ2v) is 11.9. The zero-order chi connectivity index (χ0) is 25.0. The summed E-state index contributed by atoms with van der Waals surface area (Å²) in [6.45, 7) is 5.06. The van der Waals surface area contributed by atoms with Crippen molar-refractivity contribution in [2.24, 2.45) is 5.92 Å². The molecule has 198 valence electrons. The molecule has 38 heavy (non-hydrogen) atoms. The van der Waals surface area contributed by atoms with Crippen LogP contribution in [0.5, 0.6) is 0 Å². The van der Waals surface area contributed by atoms with Crippen LogP contribution in [0.25, 0.3) is 0 Å². The Morgan fingerprint density at radius 2 is 1.45 bits per heavy atom. The molecule has 3 aliphatic rings. The molecule has 0 spiro atoms. The van der Waals surface area contributed by atoms with Crippen LogP contribution in [0.4, 0.5) is 5.69 Å². The predicted molar refractivity (Wildman–Crippen MR) is 162 cm³/mol. The molecule has 1 saturated heterocycles. The van der Waals surface area contributed by atoms with Gasteiger partial charge in [0.1, 0.15) is 0 Å². The summed E-state index contributed by atoms with van der Waals surface area (Å²) in [7, 11) is -0.0752. The average Bonchev–Trinajstić information content (AvgIpc) is 3.54. The minimum Gasteiger partial charge on any atom is -0.334 e. The van der Waals surface area contributed by atoms with Crippen LogP contribution in [0.2, 0.25) is 0 Å². The van der Waals surface area contributed by atoms with Gasteiger partial charge in [0.15, 0.2) is 0 Å². The number of benzene rings is 3. The standard InChI is InChI=1S/C32H35N3OS.ClH/c36-32-30-16-8-7-11-27(30)25-34(32)21-10-9-20-33-22-17-26(18-23-33)31-19-24-37(29-14-5-2-6-15-29)35(31)28-12-3-1-4-13-28;/h1-8,11-16,19,24,26H,9-10,17-18,20-23,25H2;1H. The Bertz CT molecular complexity index is 1300. The zero-order valence-electron chi connectivity index (χ0n) is 21.7. The number of para-hydroxylation sites is 1. The number of hydrogen-bond acceptors (Lipinski definition) is 3. The summed E-state index contributed by atoms with van der Waals surface area (Å²) in [5, 5.41) is 2.40. The highest BCUT2D eigenvalue weighted by Crippen LogP contribution is 2.45. The summed E-state index contributed by atoms with van der Waals surface area (Å²) >= 11 is 0. The van der Waals surface area contributed by atoms with Crippen molar-refractivity contribution in [3.8, 4) is 0 Å². The SMILES string of the molecule is Cl.O=C1c2ccccc2CN1CCCCN1CCC(C2=CC=S(c3ccccc3)N2c2ccccc2)CC1. The Kier molecular flexibility index (Phi) is 8.68. The van der Waals surface area contributed by atoms with Crippen LogP contribution in [0.3, 0.4) is 0 Å². The molecule has 6 rings (SSSR count). The van der Waals surface area contributed by atoms with Gasteiger partial charge >= 0.3 is 0 Å². The lowest BCUT2D eigenvalue weighted by Gasteiger charge is -2.37. The van der Waals surface area contributed by atoms with Gasteiger partial charge in [-0.15, -0.1) is 12.4 Å². The lowest BCUT2D eigenvalue weighted by molar-refractivity contribution is 0.0773. The molecule has 4 nitrogen and oxygen atoms in total. The molecule has 6 heteroatoms. The maximum atomic E-state index is 12.6. The topological polar surface area (TPSA) is 26.8 Å². The Morgan fingerprint density at radius 1 is 0.789 bits per heavy atom. The summed E-state index contributed by atoms with van der Waals surface area (Å²) in [5.74, 6) is 0.796. The third-order valence-electron chi connectivity index (χ3n) is 7.83. The van der Waals surface area contributed by atoms with Gasteiger partial charge in [-0.1, -0.05) is 65.3 Å². The van der Waals surface area contributed by atoms with E-state index in [0.29, 0.717) is 5.92 Å². The number of unbranched alkanes of at least 4 members (excludes halogenated alkanes) is 1. The maximum Gasteiger partial charge on any atom is 0.254 e. The number of halogens is 1. The van der Waals surface area contributed by atoms with E-state index >= 15 is 0 Å². The van der Waals surface area contributed by atoms with Crippen LogP contribution in [-0.4, -0.2) is 47.3 Å². The van der Waals surface area contributed by atoms with Crippen LogP contribution in [0.1, 0.15) is 41.6 Å². The Balaban J connectivity index is 0.00000294. The summed E-state index contributed by atoms with van der Waals surface area (Å²) in [4.78, 5) is 18.6. The summed E-state index contributed by atoms with van der Waals surface area (Å²) in [5.41, 5.74) is 4.83. The quantitative estimate of drug-likeness (QED) is 0.225. The minimum atomic E-state index is -0.0752. The van der Waals surface area contributed by atoms with E-state index in [2.05, 4.69) is 87.4 Å². The maximum absolute atomic E-state index is 12.6. The fourth-order valence-corrected chi connectivity index (χ4v) is 7.81. The molecule has 3 aliphatic heterocycles. The number of rotatable bonds is 8. The normalized spacial score (nSPS) is 19.6. The second-order valence-electron chi connectivity index (χ2n) is 10.2. The lowest BCUT2D eigenvalue weighted by atomic mass is 9.92. The van der Waals surface area contributed by atoms with Crippen molar-refractivity contribution in [1.82, 2.24) is 9.80 Å². The number of carbonyl (C=O) groups is 1. The smallest absolute Gasteiger partial charge is 0.254 e. The van der Waals surface area contributed by atoms with Gasteiger partial charge in [-0.25, -0.2) is 0 Å². The Morgan fingerprint density at radius 3 is 2.18 bits per heavy atom. The highest BCUT2D eigenvalue weighted by molar-refractivity contribution is 8.16. The molecule has 0 radical (unpaired) electrons. The molecule has 1 unspecified atom stereocenters. The van der Waals surface area contributed by atoms with Crippen LogP contribution >= 0.6 is 23.1 Å². The molecule has 1 amide bonds. The first kappa shape index (κ1) is 26.7. The van der Waals surface area contributed by atoms with Gasteiger partial charge in [0, 0.05) is 35.2 Å². The van der Waals surface area contributed by atoms with Gasteiger partial charge in [-0.2, -0.15) is 0 Å². The number of nitrogens with zero attached hydrogens (tertiary/aromatic N) is 3. The van der Waals surface area contributed by atoms with Gasteiger partial charge in [0.25, 0.3) is 5.91 Å². The van der Waals surface area contributed by atoms with Crippen molar-refractivity contribution in [3.05, 3.63) is 108 Å². The van der Waals surface area contributed by atoms with E-state index in [1.54, 1.807) is 0 Å². The van der Waals surface area contributed by atoms with Gasteiger partial charge < -0.3 is 9.80 Å². The predicted octanol–water partition coefficient (Wildman–Crippen LogP) is 7.01. The molecule has 0 saturated carbocycles. The minimum absolute atomic E-state index is 0. The van der Waals surface area contributed by atoms with Gasteiger partial charge in [-0.05, 0) is 92.7 Å². The molecule has 0 bridgehead atoms. The van der Waals surface area contributed by atoms with Crippen molar-refractivity contribution in [2.45, 2.75) is 37.1 Å². The molecule has 0 aromatic heterocycles. The van der Waals surface area contributed by atoms with E-state index in [0.717, 1.165) is 51.1 Å². The molecule has 3 aromatic carbocycles. The first-order chi connectivity index (χ1) is 18.3. The Labute approximate surface area is 235 Å². The van der Waals surface area contributed by atoms with Crippen molar-refractivity contribution < 1.29 is 4.79 Å². The van der Waals surface area contributed by atoms with E-state index in [9.17, 15) is 4.79 Å². The van der Waals surface area contributed by atoms with Crippen molar-refractivity contribution in [1.29, 1.82) is 0 Å². The van der Waals surface area contributed by atoms with Gasteiger partial charge in [0.2, 0.25) is 0 Å². The second kappa shape index (κ2) is 12.3. The number of fused-ring (bicyclic) bond motifs is 1. The van der Waals surface area contributed by atoms with Crippen LogP contribution < -0.4 is 4.31 Å². The summed E-state index contributed by atoms with van der Waals surface area (Å²) in [6.07, 6.45) is 7.02. The van der Waals surface area contributed by atoms with E-state index in [4.69, 9.17) is 0 Å². The summed E-state index contributed by atoms with van der Waals surface area (Å²) in [6, 6.07) is 29.8. The number of likely N-dealkylation sites (tertiary alicyclic amines) is 1. The third-order valence-corrected chi connectivity index (χ3v) is 9.79. The van der Waals surface area contributed by atoms with E-state index < -0.39 is 0 Å². The van der Waals surface area contributed by atoms with Crippen LogP contribution in [0, 0.1) is 5.92 Å². The molecule has 3 heterocycles. The van der Waals surface area contributed by atoms with Crippen LogP contribution in [0.15, 0.2) is 102 Å². The van der Waals surface area contributed by atoms with Crippen molar-refractivity contribution in [3.63, 3.8) is 0 Å².